The molecule has 0 spiro atoms. The van der Waals surface area contributed by atoms with Gasteiger partial charge in [-0.15, -0.1) is 0 Å². The average Bonchev–Trinajstić information content (AvgIpc) is 2.25. The number of benzene rings is 1. The molecule has 0 aromatic heterocycles. The summed E-state index contributed by atoms with van der Waals surface area (Å²) in [5, 5.41) is 0.886. The molecule has 0 saturated heterocycles. The van der Waals surface area contributed by atoms with Crippen LogP contribution in [0.15, 0.2) is 26.7 Å². The zero-order valence-corrected chi connectivity index (χ0v) is 13.9. The summed E-state index contributed by atoms with van der Waals surface area (Å²) in [4.78, 5) is 0. The van der Waals surface area contributed by atoms with Crippen LogP contribution in [0, 0.1) is 0 Å². The van der Waals surface area contributed by atoms with Crippen molar-refractivity contribution < 1.29 is 4.74 Å². The standard InChI is InChI=1S/C12H13Br3O/c1-3-8(7-13)4-9-5-10(14)6-11(15)12(9)16-2/h4-6H,3,7H2,1-2H3. The highest BCUT2D eigenvalue weighted by molar-refractivity contribution is 9.11. The lowest BCUT2D eigenvalue weighted by molar-refractivity contribution is 0.411. The zero-order chi connectivity index (χ0) is 12.1. The molecule has 0 radical (unpaired) electrons. The van der Waals surface area contributed by atoms with Crippen molar-refractivity contribution in [3.8, 4) is 5.75 Å². The molecule has 1 rings (SSSR count). The monoisotopic (exact) mass is 410 g/mol. The van der Waals surface area contributed by atoms with Gasteiger partial charge in [0.1, 0.15) is 5.75 Å². The Morgan fingerprint density at radius 1 is 1.38 bits per heavy atom. The van der Waals surface area contributed by atoms with Crippen LogP contribution in [-0.4, -0.2) is 12.4 Å². The summed E-state index contributed by atoms with van der Waals surface area (Å²) < 4.78 is 7.39. The van der Waals surface area contributed by atoms with E-state index in [-0.39, 0.29) is 0 Å². The Labute approximate surface area is 122 Å². The quantitative estimate of drug-likeness (QED) is 0.601. The Kier molecular flexibility index (Phi) is 6.08. The van der Waals surface area contributed by atoms with Crippen molar-refractivity contribution in [1.82, 2.24) is 0 Å². The Morgan fingerprint density at radius 3 is 2.56 bits per heavy atom. The SMILES string of the molecule is CCC(=Cc1cc(Br)cc(Br)c1OC)CBr. The lowest BCUT2D eigenvalue weighted by atomic mass is 10.1. The molecule has 0 saturated carbocycles. The molecule has 0 atom stereocenters. The van der Waals surface area contributed by atoms with E-state index in [9.17, 15) is 0 Å². The molecule has 1 aromatic carbocycles. The van der Waals surface area contributed by atoms with Gasteiger partial charge in [0.2, 0.25) is 0 Å². The lowest BCUT2D eigenvalue weighted by Crippen LogP contribution is -1.91. The summed E-state index contributed by atoms with van der Waals surface area (Å²) in [5.41, 5.74) is 2.42. The molecule has 0 unspecified atom stereocenters. The van der Waals surface area contributed by atoms with Crippen LogP contribution in [-0.2, 0) is 0 Å². The van der Waals surface area contributed by atoms with Crippen molar-refractivity contribution in [3.05, 3.63) is 32.2 Å². The topological polar surface area (TPSA) is 9.23 Å². The first kappa shape index (κ1) is 14.3. The highest BCUT2D eigenvalue weighted by Crippen LogP contribution is 2.34. The molecule has 1 aromatic rings. The summed E-state index contributed by atoms with van der Waals surface area (Å²) in [5.74, 6) is 0.870. The number of hydrogen-bond donors (Lipinski definition) is 0. The third kappa shape index (κ3) is 3.60. The van der Waals surface area contributed by atoms with Gasteiger partial charge in [-0.05, 0) is 34.5 Å². The highest BCUT2D eigenvalue weighted by atomic mass is 79.9. The summed E-state index contributed by atoms with van der Waals surface area (Å²) in [7, 11) is 1.69. The van der Waals surface area contributed by atoms with Crippen molar-refractivity contribution in [2.45, 2.75) is 13.3 Å². The van der Waals surface area contributed by atoms with Gasteiger partial charge in [-0.1, -0.05) is 50.4 Å². The van der Waals surface area contributed by atoms with Gasteiger partial charge in [-0.2, -0.15) is 0 Å². The minimum absolute atomic E-state index is 0.870. The second-order valence-corrected chi connectivity index (χ2v) is 5.63. The van der Waals surface area contributed by atoms with Gasteiger partial charge in [0.05, 0.1) is 11.6 Å². The van der Waals surface area contributed by atoms with Gasteiger partial charge in [0.25, 0.3) is 0 Å². The molecule has 0 amide bonds. The number of hydrogen-bond acceptors (Lipinski definition) is 1. The van der Waals surface area contributed by atoms with Crippen molar-refractivity contribution in [3.63, 3.8) is 0 Å². The fraction of sp³-hybridized carbons (Fsp3) is 0.333. The maximum absolute atomic E-state index is 5.39. The minimum Gasteiger partial charge on any atom is -0.495 e. The number of halogens is 3. The first-order chi connectivity index (χ1) is 7.62. The minimum atomic E-state index is 0.870. The third-order valence-corrected chi connectivity index (χ3v) is 3.99. The van der Waals surface area contributed by atoms with Gasteiger partial charge in [-0.25, -0.2) is 0 Å². The smallest absolute Gasteiger partial charge is 0.140 e. The van der Waals surface area contributed by atoms with Gasteiger partial charge in [0, 0.05) is 15.4 Å². The van der Waals surface area contributed by atoms with E-state index in [1.54, 1.807) is 7.11 Å². The van der Waals surface area contributed by atoms with Gasteiger partial charge >= 0.3 is 0 Å². The molecule has 16 heavy (non-hydrogen) atoms. The number of methoxy groups -OCH3 is 1. The summed E-state index contributed by atoms with van der Waals surface area (Å²) in [6.07, 6.45) is 3.18. The molecule has 4 heteroatoms. The molecule has 0 fully saturated rings. The Bertz CT molecular complexity index is 393. The first-order valence-corrected chi connectivity index (χ1v) is 7.61. The van der Waals surface area contributed by atoms with E-state index in [1.807, 2.05) is 6.07 Å². The largest absolute Gasteiger partial charge is 0.495 e. The molecule has 0 aliphatic carbocycles. The number of ether oxygens (including phenoxy) is 1. The third-order valence-electron chi connectivity index (χ3n) is 2.23. The average molecular weight is 413 g/mol. The molecule has 0 bridgehead atoms. The zero-order valence-electron chi connectivity index (χ0n) is 9.19. The molecule has 0 heterocycles. The molecule has 0 aliphatic rings. The summed E-state index contributed by atoms with van der Waals surface area (Å²) in [6.45, 7) is 2.15. The summed E-state index contributed by atoms with van der Waals surface area (Å²) >= 11 is 10.5. The van der Waals surface area contributed by atoms with Crippen LogP contribution >= 0.6 is 47.8 Å². The van der Waals surface area contributed by atoms with Crippen LogP contribution in [0.3, 0.4) is 0 Å². The number of rotatable bonds is 4. The van der Waals surface area contributed by atoms with Crippen LogP contribution in [0.1, 0.15) is 18.9 Å². The fourth-order valence-corrected chi connectivity index (χ4v) is 3.34. The predicted octanol–water partition coefficient (Wildman–Crippen LogP) is 5.41. The van der Waals surface area contributed by atoms with Crippen molar-refractivity contribution in [1.29, 1.82) is 0 Å². The Hall–Kier alpha value is 0.200. The highest BCUT2D eigenvalue weighted by Gasteiger charge is 2.07. The normalized spacial score (nSPS) is 11.7. The van der Waals surface area contributed by atoms with E-state index in [2.05, 4.69) is 66.9 Å². The van der Waals surface area contributed by atoms with E-state index in [0.717, 1.165) is 32.0 Å². The fourth-order valence-electron chi connectivity index (χ4n) is 1.36. The molecular weight excluding hydrogens is 400 g/mol. The predicted molar refractivity (Wildman–Crippen MR) is 80.5 cm³/mol. The van der Waals surface area contributed by atoms with E-state index in [4.69, 9.17) is 4.74 Å². The van der Waals surface area contributed by atoms with Crippen molar-refractivity contribution in [2.24, 2.45) is 0 Å². The molecular formula is C12H13Br3O. The molecule has 0 aliphatic heterocycles. The molecule has 0 N–H and O–H groups in total. The van der Waals surface area contributed by atoms with Crippen LogP contribution in [0.25, 0.3) is 6.08 Å². The molecule has 1 nitrogen and oxygen atoms in total. The Morgan fingerprint density at radius 2 is 2.06 bits per heavy atom. The van der Waals surface area contributed by atoms with Crippen LogP contribution in [0.2, 0.25) is 0 Å². The summed E-state index contributed by atoms with van der Waals surface area (Å²) in [6, 6.07) is 4.04. The Balaban J connectivity index is 3.26. The van der Waals surface area contributed by atoms with E-state index in [1.165, 1.54) is 5.57 Å². The first-order valence-electron chi connectivity index (χ1n) is 4.90. The van der Waals surface area contributed by atoms with Gasteiger partial charge < -0.3 is 4.74 Å². The lowest BCUT2D eigenvalue weighted by Gasteiger charge is -2.09. The second kappa shape index (κ2) is 6.82. The van der Waals surface area contributed by atoms with Crippen molar-refractivity contribution in [2.75, 3.05) is 12.4 Å². The van der Waals surface area contributed by atoms with Gasteiger partial charge in [-0.3, -0.25) is 0 Å². The van der Waals surface area contributed by atoms with E-state index >= 15 is 0 Å². The molecule has 88 valence electrons. The van der Waals surface area contributed by atoms with Crippen LogP contribution in [0.4, 0.5) is 0 Å². The number of alkyl halides is 1. The maximum atomic E-state index is 5.39. The van der Waals surface area contributed by atoms with Gasteiger partial charge in [0.15, 0.2) is 0 Å². The van der Waals surface area contributed by atoms with E-state index in [0.29, 0.717) is 0 Å². The van der Waals surface area contributed by atoms with Crippen LogP contribution in [0.5, 0.6) is 5.75 Å². The van der Waals surface area contributed by atoms with E-state index < -0.39 is 0 Å². The maximum Gasteiger partial charge on any atom is 0.140 e. The number of allylic oxidation sites excluding steroid dienone is 1. The van der Waals surface area contributed by atoms with Crippen LogP contribution < -0.4 is 4.74 Å². The second-order valence-electron chi connectivity index (χ2n) is 3.30. The van der Waals surface area contributed by atoms with Crippen molar-refractivity contribution >= 4 is 53.9 Å².